The lowest BCUT2D eigenvalue weighted by Crippen LogP contribution is -2.38. The van der Waals surface area contributed by atoms with Gasteiger partial charge in [0.15, 0.2) is 0 Å². The normalized spacial score (nSPS) is 36.3. The van der Waals surface area contributed by atoms with E-state index in [9.17, 15) is 15.3 Å². The van der Waals surface area contributed by atoms with Crippen LogP contribution < -0.4 is 0 Å². The zero-order valence-corrected chi connectivity index (χ0v) is 22.9. The molecule has 36 heavy (non-hydrogen) atoms. The molecule has 0 aliphatic heterocycles. The molecular weight excluding hydrogens is 444 g/mol. The summed E-state index contributed by atoms with van der Waals surface area (Å²) in [5.41, 5.74) is 4.38. The minimum absolute atomic E-state index is 0.250. The van der Waals surface area contributed by atoms with Gasteiger partial charge >= 0.3 is 0 Å². The third-order valence-corrected chi connectivity index (χ3v) is 9.70. The molecule has 0 saturated heterocycles. The average molecular weight is 493 g/mol. The molecule has 3 aliphatic rings. The highest BCUT2D eigenvalue weighted by atomic mass is 16.3. The molecule has 0 bridgehead atoms. The zero-order valence-electron chi connectivity index (χ0n) is 22.9. The maximum absolute atomic E-state index is 10.3. The number of hydrogen-bond acceptors (Lipinski definition) is 3. The van der Waals surface area contributed by atoms with Crippen molar-refractivity contribution in [3.63, 3.8) is 0 Å². The predicted octanol–water partition coefficient (Wildman–Crippen LogP) is 7.10. The second-order valence-corrected chi connectivity index (χ2v) is 13.0. The summed E-state index contributed by atoms with van der Waals surface area (Å²) in [6, 6.07) is 11.0. The Labute approximate surface area is 219 Å². The standard InChI is InChI=1S/C33H48O3/c1-22(10-9-17-32(3,4)36)29-15-16-30-26(14-13-25-19-28(34)20-31(35)23(25)2)18-27(21-33(29,30)5)24-11-7-6-8-12-24/h6-8,11-14,22,27-31,34-36H,2,9-10,15-21H2,1,3-5H3/b25-13-,26-14?/t22-,27+,28-,29-,30?,31-,33-/m1/s1. The molecule has 0 amide bonds. The van der Waals surface area contributed by atoms with Crippen molar-refractivity contribution in [3.05, 3.63) is 71.3 Å². The minimum atomic E-state index is -0.646. The van der Waals surface area contributed by atoms with Gasteiger partial charge in [-0.2, -0.15) is 0 Å². The molecule has 0 aromatic heterocycles. The summed E-state index contributed by atoms with van der Waals surface area (Å²) >= 11 is 0. The van der Waals surface area contributed by atoms with Crippen molar-refractivity contribution in [2.75, 3.05) is 0 Å². The summed E-state index contributed by atoms with van der Waals surface area (Å²) in [5, 5.41) is 30.7. The Morgan fingerprint density at radius 3 is 2.53 bits per heavy atom. The number of aliphatic hydroxyl groups excluding tert-OH is 2. The highest BCUT2D eigenvalue weighted by Crippen LogP contribution is 2.62. The minimum Gasteiger partial charge on any atom is -0.393 e. The molecule has 3 heteroatoms. The fraction of sp³-hybridized carbons (Fsp3) is 0.636. The van der Waals surface area contributed by atoms with Crippen LogP contribution in [0.2, 0.25) is 0 Å². The van der Waals surface area contributed by atoms with Gasteiger partial charge in [0.05, 0.1) is 17.8 Å². The summed E-state index contributed by atoms with van der Waals surface area (Å²) in [7, 11) is 0. The fourth-order valence-corrected chi connectivity index (χ4v) is 7.80. The van der Waals surface area contributed by atoms with Crippen LogP contribution in [0.1, 0.15) is 97.0 Å². The number of rotatable bonds is 7. The zero-order chi connectivity index (χ0) is 26.1. The molecule has 0 heterocycles. The second-order valence-electron chi connectivity index (χ2n) is 13.0. The first-order chi connectivity index (χ1) is 17.0. The van der Waals surface area contributed by atoms with Crippen LogP contribution in [0, 0.1) is 23.2 Å². The number of benzene rings is 1. The van der Waals surface area contributed by atoms with Gasteiger partial charge < -0.3 is 15.3 Å². The van der Waals surface area contributed by atoms with Crippen LogP contribution in [-0.2, 0) is 0 Å². The van der Waals surface area contributed by atoms with Gasteiger partial charge in [-0.3, -0.25) is 0 Å². The van der Waals surface area contributed by atoms with Gasteiger partial charge in [0.2, 0.25) is 0 Å². The summed E-state index contributed by atoms with van der Waals surface area (Å²) in [6.45, 7) is 12.9. The van der Waals surface area contributed by atoms with E-state index < -0.39 is 17.8 Å². The van der Waals surface area contributed by atoms with Crippen molar-refractivity contribution in [1.29, 1.82) is 0 Å². The number of fused-ring (bicyclic) bond motifs is 1. The topological polar surface area (TPSA) is 60.7 Å². The molecule has 3 aliphatic carbocycles. The van der Waals surface area contributed by atoms with E-state index in [-0.39, 0.29) is 5.41 Å². The molecule has 7 atom stereocenters. The van der Waals surface area contributed by atoms with Gasteiger partial charge in [0.25, 0.3) is 0 Å². The Kier molecular flexibility index (Phi) is 8.34. The van der Waals surface area contributed by atoms with Crippen LogP contribution in [0.15, 0.2) is 65.8 Å². The summed E-state index contributed by atoms with van der Waals surface area (Å²) < 4.78 is 0. The van der Waals surface area contributed by atoms with Crippen molar-refractivity contribution >= 4 is 0 Å². The van der Waals surface area contributed by atoms with Crippen LogP contribution in [0.4, 0.5) is 0 Å². The quantitative estimate of drug-likeness (QED) is 0.380. The maximum Gasteiger partial charge on any atom is 0.0811 e. The van der Waals surface area contributed by atoms with Crippen LogP contribution in [0.25, 0.3) is 0 Å². The van der Waals surface area contributed by atoms with E-state index in [2.05, 4.69) is 62.9 Å². The van der Waals surface area contributed by atoms with Crippen LogP contribution in [-0.4, -0.2) is 33.1 Å². The van der Waals surface area contributed by atoms with E-state index in [1.807, 2.05) is 13.8 Å². The van der Waals surface area contributed by atoms with Gasteiger partial charge in [0.1, 0.15) is 0 Å². The lowest BCUT2D eigenvalue weighted by Gasteiger charge is -2.47. The predicted molar refractivity (Wildman–Crippen MR) is 149 cm³/mol. The van der Waals surface area contributed by atoms with E-state index in [1.54, 1.807) is 0 Å². The third kappa shape index (κ3) is 6.06. The SMILES string of the molecule is C=C1/C(=C\C=C2C[C@H](c3ccccc3)C[C@@]3(C)C2CC[C@@H]3[C@H](C)CCCC(C)(C)O)C[C@@H](O)C[C@H]1O. The van der Waals surface area contributed by atoms with E-state index >= 15 is 0 Å². The van der Waals surface area contributed by atoms with Crippen LogP contribution in [0.5, 0.6) is 0 Å². The molecule has 0 radical (unpaired) electrons. The molecule has 0 spiro atoms. The summed E-state index contributed by atoms with van der Waals surface area (Å²) in [6.07, 6.45) is 12.2. The highest BCUT2D eigenvalue weighted by Gasteiger charge is 2.52. The molecule has 3 nitrogen and oxygen atoms in total. The Morgan fingerprint density at radius 2 is 1.83 bits per heavy atom. The first kappa shape index (κ1) is 27.4. The molecule has 198 valence electrons. The molecule has 4 rings (SSSR count). The lowest BCUT2D eigenvalue weighted by molar-refractivity contribution is 0.0578. The third-order valence-electron chi connectivity index (χ3n) is 9.70. The first-order valence-corrected chi connectivity index (χ1v) is 14.2. The van der Waals surface area contributed by atoms with Gasteiger partial charge in [-0.1, -0.05) is 81.3 Å². The first-order valence-electron chi connectivity index (χ1n) is 14.2. The molecule has 1 unspecified atom stereocenters. The van der Waals surface area contributed by atoms with Crippen molar-refractivity contribution in [3.8, 4) is 0 Å². The van der Waals surface area contributed by atoms with Crippen molar-refractivity contribution in [2.24, 2.45) is 23.2 Å². The largest absolute Gasteiger partial charge is 0.393 e. The Bertz CT molecular complexity index is 968. The summed E-state index contributed by atoms with van der Waals surface area (Å²) in [5.74, 6) is 2.40. The van der Waals surface area contributed by atoms with E-state index in [0.29, 0.717) is 36.5 Å². The van der Waals surface area contributed by atoms with Gasteiger partial charge in [-0.25, -0.2) is 0 Å². The Morgan fingerprint density at radius 1 is 1.11 bits per heavy atom. The summed E-state index contributed by atoms with van der Waals surface area (Å²) in [4.78, 5) is 0. The molecule has 3 fully saturated rings. The maximum atomic E-state index is 10.3. The van der Waals surface area contributed by atoms with Crippen molar-refractivity contribution in [2.45, 2.75) is 109 Å². The van der Waals surface area contributed by atoms with E-state index in [4.69, 9.17) is 0 Å². The molecule has 3 saturated carbocycles. The average Bonchev–Trinajstić information content (AvgIpc) is 3.17. The van der Waals surface area contributed by atoms with Crippen LogP contribution in [0.3, 0.4) is 0 Å². The van der Waals surface area contributed by atoms with Gasteiger partial charge in [-0.15, -0.1) is 0 Å². The molecular formula is C33H48O3. The molecule has 3 N–H and O–H groups in total. The Balaban J connectivity index is 1.61. The number of hydrogen-bond donors (Lipinski definition) is 3. The number of aliphatic hydroxyl groups is 3. The van der Waals surface area contributed by atoms with E-state index in [0.717, 1.165) is 30.4 Å². The van der Waals surface area contributed by atoms with Gasteiger partial charge in [-0.05, 0) is 98.2 Å². The molecule has 1 aromatic rings. The lowest BCUT2D eigenvalue weighted by atomic mass is 9.57. The highest BCUT2D eigenvalue weighted by molar-refractivity contribution is 5.39. The number of allylic oxidation sites excluding steroid dienone is 3. The smallest absolute Gasteiger partial charge is 0.0811 e. The Hall–Kier alpha value is -1.68. The van der Waals surface area contributed by atoms with Crippen molar-refractivity contribution < 1.29 is 15.3 Å². The van der Waals surface area contributed by atoms with Crippen LogP contribution >= 0.6 is 0 Å². The van der Waals surface area contributed by atoms with Crippen molar-refractivity contribution in [1.82, 2.24) is 0 Å². The molecule has 1 aromatic carbocycles. The second kappa shape index (κ2) is 11.0. The monoisotopic (exact) mass is 492 g/mol. The van der Waals surface area contributed by atoms with Gasteiger partial charge in [0, 0.05) is 6.42 Å². The van der Waals surface area contributed by atoms with E-state index in [1.165, 1.54) is 36.8 Å². The fourth-order valence-electron chi connectivity index (χ4n) is 7.80.